The van der Waals surface area contributed by atoms with E-state index in [-0.39, 0.29) is 6.09 Å². The van der Waals surface area contributed by atoms with E-state index in [2.05, 4.69) is 15.1 Å². The first-order valence-corrected chi connectivity index (χ1v) is 8.81. The highest BCUT2D eigenvalue weighted by Crippen LogP contribution is 2.41. The lowest BCUT2D eigenvalue weighted by atomic mass is 9.72. The third-order valence-corrected chi connectivity index (χ3v) is 4.87. The summed E-state index contributed by atoms with van der Waals surface area (Å²) in [6.45, 7) is 10.2. The maximum absolute atomic E-state index is 12.1. The Labute approximate surface area is 148 Å². The second-order valence-electron chi connectivity index (χ2n) is 7.96. The van der Waals surface area contributed by atoms with Gasteiger partial charge in [-0.1, -0.05) is 11.6 Å². The van der Waals surface area contributed by atoms with Crippen LogP contribution in [0.3, 0.4) is 0 Å². The number of carbonyl (C=O) groups excluding carboxylic acids is 1. The molecule has 24 heavy (non-hydrogen) atoms. The molecule has 2 aliphatic heterocycles. The molecule has 2 saturated heterocycles. The Kier molecular flexibility index (Phi) is 4.71. The minimum Gasteiger partial charge on any atom is -0.444 e. The largest absolute Gasteiger partial charge is 0.444 e. The summed E-state index contributed by atoms with van der Waals surface area (Å²) in [4.78, 5) is 16.3. The number of rotatable bonds is 2. The molecule has 0 aromatic carbocycles. The van der Waals surface area contributed by atoms with Gasteiger partial charge in [-0.15, -0.1) is 5.10 Å². The van der Waals surface area contributed by atoms with Crippen LogP contribution in [0.1, 0.15) is 39.3 Å². The number of carbonyl (C=O) groups is 1. The van der Waals surface area contributed by atoms with E-state index in [1.54, 1.807) is 6.07 Å². The van der Waals surface area contributed by atoms with Crippen LogP contribution in [0.25, 0.3) is 0 Å². The summed E-state index contributed by atoms with van der Waals surface area (Å²) in [6.07, 6.45) is 1.88. The van der Waals surface area contributed by atoms with E-state index >= 15 is 0 Å². The molecule has 0 unspecified atom stereocenters. The Bertz CT molecular complexity index is 584. The van der Waals surface area contributed by atoms with Gasteiger partial charge < -0.3 is 9.64 Å². The molecule has 1 aromatic rings. The van der Waals surface area contributed by atoms with Gasteiger partial charge in [-0.3, -0.25) is 4.90 Å². The Hall–Kier alpha value is -1.40. The Morgan fingerprint density at radius 3 is 2.46 bits per heavy atom. The number of aromatic nitrogens is 2. The maximum atomic E-state index is 12.1. The van der Waals surface area contributed by atoms with Crippen LogP contribution in [0, 0.1) is 5.41 Å². The molecule has 1 aromatic heterocycles. The summed E-state index contributed by atoms with van der Waals surface area (Å²) in [5.74, 6) is 0. The molecule has 1 amide bonds. The van der Waals surface area contributed by atoms with Gasteiger partial charge in [-0.05, 0) is 51.2 Å². The molecule has 2 aliphatic rings. The molecule has 3 rings (SSSR count). The molecule has 7 heteroatoms. The molecular weight excluding hydrogens is 328 g/mol. The smallest absolute Gasteiger partial charge is 0.410 e. The van der Waals surface area contributed by atoms with Crippen LogP contribution in [-0.4, -0.2) is 57.9 Å². The SMILES string of the molecule is CC(C)(C)OC(=O)N1CCC2(CC1)CN(Cc1ccc(Cl)nn1)C2. The van der Waals surface area contributed by atoms with Gasteiger partial charge in [0, 0.05) is 32.7 Å². The van der Waals surface area contributed by atoms with Crippen LogP contribution in [0.2, 0.25) is 5.15 Å². The van der Waals surface area contributed by atoms with E-state index in [9.17, 15) is 4.79 Å². The lowest BCUT2D eigenvalue weighted by Crippen LogP contribution is -2.60. The van der Waals surface area contributed by atoms with E-state index in [0.29, 0.717) is 10.6 Å². The zero-order valence-electron chi connectivity index (χ0n) is 14.6. The predicted octanol–water partition coefficient (Wildman–Crippen LogP) is 2.96. The van der Waals surface area contributed by atoms with Crippen LogP contribution < -0.4 is 0 Å². The Morgan fingerprint density at radius 1 is 1.25 bits per heavy atom. The molecule has 0 radical (unpaired) electrons. The van der Waals surface area contributed by atoms with E-state index in [1.165, 1.54) is 0 Å². The first kappa shape index (κ1) is 17.4. The van der Waals surface area contributed by atoms with Crippen molar-refractivity contribution >= 4 is 17.7 Å². The van der Waals surface area contributed by atoms with Crippen LogP contribution in [0.5, 0.6) is 0 Å². The number of amides is 1. The van der Waals surface area contributed by atoms with Crippen LogP contribution in [0.15, 0.2) is 12.1 Å². The molecule has 0 bridgehead atoms. The lowest BCUT2D eigenvalue weighted by Gasteiger charge is -2.54. The summed E-state index contributed by atoms with van der Waals surface area (Å²) < 4.78 is 5.46. The molecule has 132 valence electrons. The van der Waals surface area contributed by atoms with Gasteiger partial charge in [0.1, 0.15) is 5.60 Å². The summed E-state index contributed by atoms with van der Waals surface area (Å²) in [5, 5.41) is 8.42. The van der Waals surface area contributed by atoms with Crippen molar-refractivity contribution in [1.82, 2.24) is 20.0 Å². The molecule has 3 heterocycles. The van der Waals surface area contributed by atoms with Crippen LogP contribution in [0.4, 0.5) is 4.79 Å². The van der Waals surface area contributed by atoms with Crippen LogP contribution in [-0.2, 0) is 11.3 Å². The fraction of sp³-hybridized carbons (Fsp3) is 0.706. The van der Waals surface area contributed by atoms with Gasteiger partial charge in [0.05, 0.1) is 5.69 Å². The zero-order valence-corrected chi connectivity index (χ0v) is 15.3. The van der Waals surface area contributed by atoms with Gasteiger partial charge in [0.15, 0.2) is 5.15 Å². The normalized spacial score (nSPS) is 20.8. The number of likely N-dealkylation sites (tertiary alicyclic amines) is 2. The summed E-state index contributed by atoms with van der Waals surface area (Å²) in [6, 6.07) is 3.70. The molecular formula is C17H25ClN4O2. The second kappa shape index (κ2) is 6.48. The van der Waals surface area contributed by atoms with E-state index in [4.69, 9.17) is 16.3 Å². The first-order chi connectivity index (χ1) is 11.2. The number of hydrogen-bond donors (Lipinski definition) is 0. The Morgan fingerprint density at radius 2 is 1.92 bits per heavy atom. The minimum atomic E-state index is -0.431. The molecule has 0 aliphatic carbocycles. The minimum absolute atomic E-state index is 0.190. The van der Waals surface area contributed by atoms with Crippen molar-refractivity contribution in [3.05, 3.63) is 23.0 Å². The van der Waals surface area contributed by atoms with Crippen molar-refractivity contribution in [3.8, 4) is 0 Å². The third kappa shape index (κ3) is 4.16. The summed E-state index contributed by atoms with van der Waals surface area (Å²) >= 11 is 5.76. The molecule has 6 nitrogen and oxygen atoms in total. The topological polar surface area (TPSA) is 58.6 Å². The number of piperidine rings is 1. The van der Waals surface area contributed by atoms with Gasteiger partial charge in [0.2, 0.25) is 0 Å². The highest BCUT2D eigenvalue weighted by Gasteiger charge is 2.45. The monoisotopic (exact) mass is 352 g/mol. The highest BCUT2D eigenvalue weighted by molar-refractivity contribution is 6.29. The predicted molar refractivity (Wildman–Crippen MR) is 91.8 cm³/mol. The van der Waals surface area contributed by atoms with Crippen LogP contribution >= 0.6 is 11.6 Å². The summed E-state index contributed by atoms with van der Waals surface area (Å²) in [7, 11) is 0. The van der Waals surface area contributed by atoms with Crippen molar-refractivity contribution in [1.29, 1.82) is 0 Å². The van der Waals surface area contributed by atoms with Gasteiger partial charge >= 0.3 is 6.09 Å². The average molecular weight is 353 g/mol. The zero-order chi connectivity index (χ0) is 17.4. The fourth-order valence-electron chi connectivity index (χ4n) is 3.48. The standard InChI is InChI=1S/C17H25ClN4O2/c1-16(2,3)24-15(23)22-8-6-17(7-9-22)11-21(12-17)10-13-4-5-14(18)20-19-13/h4-5H,6-12H2,1-3H3. The maximum Gasteiger partial charge on any atom is 0.410 e. The van der Waals surface area contributed by atoms with Crippen molar-refractivity contribution in [2.45, 2.75) is 45.8 Å². The van der Waals surface area contributed by atoms with E-state index in [0.717, 1.165) is 51.3 Å². The fourth-order valence-corrected chi connectivity index (χ4v) is 3.58. The van der Waals surface area contributed by atoms with Crippen molar-refractivity contribution < 1.29 is 9.53 Å². The van der Waals surface area contributed by atoms with Gasteiger partial charge in [0.25, 0.3) is 0 Å². The molecule has 0 N–H and O–H groups in total. The molecule has 2 fully saturated rings. The van der Waals surface area contributed by atoms with Gasteiger partial charge in [-0.2, -0.15) is 5.10 Å². The highest BCUT2D eigenvalue weighted by atomic mass is 35.5. The molecule has 1 spiro atoms. The van der Waals surface area contributed by atoms with E-state index in [1.807, 2.05) is 31.7 Å². The Balaban J connectivity index is 1.45. The quantitative estimate of drug-likeness (QED) is 0.819. The number of hydrogen-bond acceptors (Lipinski definition) is 5. The van der Waals surface area contributed by atoms with Gasteiger partial charge in [-0.25, -0.2) is 4.79 Å². The number of ether oxygens (including phenoxy) is 1. The van der Waals surface area contributed by atoms with Crippen molar-refractivity contribution in [2.75, 3.05) is 26.2 Å². The van der Waals surface area contributed by atoms with E-state index < -0.39 is 5.60 Å². The number of halogens is 1. The number of nitrogens with zero attached hydrogens (tertiary/aromatic N) is 4. The molecule has 0 atom stereocenters. The molecule has 0 saturated carbocycles. The lowest BCUT2D eigenvalue weighted by molar-refractivity contribution is -0.0556. The second-order valence-corrected chi connectivity index (χ2v) is 8.35. The van der Waals surface area contributed by atoms with Crippen molar-refractivity contribution in [2.24, 2.45) is 5.41 Å². The summed E-state index contributed by atoms with van der Waals surface area (Å²) in [5.41, 5.74) is 0.859. The average Bonchev–Trinajstić information content (AvgIpc) is 2.47. The first-order valence-electron chi connectivity index (χ1n) is 8.43. The van der Waals surface area contributed by atoms with Crippen molar-refractivity contribution in [3.63, 3.8) is 0 Å². The third-order valence-electron chi connectivity index (χ3n) is 4.67.